The van der Waals surface area contributed by atoms with Gasteiger partial charge in [-0.15, -0.1) is 11.3 Å². The number of thiocarbonyl (C=S) groups is 1. The summed E-state index contributed by atoms with van der Waals surface area (Å²) in [5.74, 6) is 0.295. The average molecular weight is 407 g/mol. The van der Waals surface area contributed by atoms with Gasteiger partial charge in [0.05, 0.1) is 11.1 Å². The van der Waals surface area contributed by atoms with E-state index in [1.54, 1.807) is 0 Å². The Kier molecular flexibility index (Phi) is 4.40. The van der Waals surface area contributed by atoms with Gasteiger partial charge in [0.25, 0.3) is 11.5 Å². The second-order valence-electron chi connectivity index (χ2n) is 6.23. The van der Waals surface area contributed by atoms with Gasteiger partial charge in [0.1, 0.15) is 22.2 Å². The fourth-order valence-corrected chi connectivity index (χ4v) is 4.07. The van der Waals surface area contributed by atoms with E-state index >= 15 is 0 Å². The van der Waals surface area contributed by atoms with Crippen LogP contribution < -0.4 is 20.9 Å². The zero-order valence-electron chi connectivity index (χ0n) is 14.6. The Labute approximate surface area is 168 Å². The number of carbonyl (C=O) groups is 1. The maximum absolute atomic E-state index is 12.4. The standard InChI is InChI=1S/C18H16N4O3S2.3H2/c1-8-9(2)27-18-14(8)16(23)21-15(22-18)17(24)19-6-10-3-4-12-11(5-10)20-13(26)7-25-12;;;/h3-5H,6-7H2,1-2H3,(H,19,24)(H,20,26)(H,21,22,23);3*1H. The Morgan fingerprint density at radius 3 is 3.07 bits per heavy atom. The van der Waals surface area contributed by atoms with Gasteiger partial charge in [0.2, 0.25) is 5.82 Å². The fourth-order valence-electron chi connectivity index (χ4n) is 2.87. The molecular formula is C18H22N4O3S2. The number of H-pyrrole nitrogens is 1. The average Bonchev–Trinajstić information content (AvgIpc) is 2.93. The zero-order chi connectivity index (χ0) is 19.1. The highest BCUT2D eigenvalue weighted by atomic mass is 32.1. The van der Waals surface area contributed by atoms with Gasteiger partial charge in [0.15, 0.2) is 0 Å². The Morgan fingerprint density at radius 1 is 1.44 bits per heavy atom. The summed E-state index contributed by atoms with van der Waals surface area (Å²) in [5.41, 5.74) is 2.25. The van der Waals surface area contributed by atoms with E-state index < -0.39 is 5.91 Å². The molecule has 0 atom stereocenters. The maximum atomic E-state index is 12.4. The largest absolute Gasteiger partial charge is 0.484 e. The van der Waals surface area contributed by atoms with Crippen LogP contribution in [0.25, 0.3) is 10.2 Å². The molecule has 27 heavy (non-hydrogen) atoms. The number of ether oxygens (including phenoxy) is 1. The Hall–Kier alpha value is -2.78. The molecule has 0 saturated carbocycles. The number of thiophene rings is 1. The van der Waals surface area contributed by atoms with E-state index in [4.69, 9.17) is 17.0 Å². The molecule has 9 heteroatoms. The number of aromatic nitrogens is 2. The highest BCUT2D eigenvalue weighted by Crippen LogP contribution is 2.29. The summed E-state index contributed by atoms with van der Waals surface area (Å²) in [4.78, 5) is 33.8. The van der Waals surface area contributed by atoms with Crippen LogP contribution >= 0.6 is 23.6 Å². The van der Waals surface area contributed by atoms with Gasteiger partial charge in [-0.3, -0.25) is 9.59 Å². The van der Waals surface area contributed by atoms with Crippen LogP contribution in [-0.2, 0) is 6.54 Å². The minimum atomic E-state index is -0.435. The quantitative estimate of drug-likeness (QED) is 0.577. The van der Waals surface area contributed by atoms with Crippen LogP contribution in [0.2, 0.25) is 0 Å². The molecule has 2 aromatic heterocycles. The third-order valence-electron chi connectivity index (χ3n) is 4.38. The predicted molar refractivity (Wildman–Crippen MR) is 115 cm³/mol. The number of benzene rings is 1. The lowest BCUT2D eigenvalue weighted by Gasteiger charge is -2.20. The molecule has 144 valence electrons. The summed E-state index contributed by atoms with van der Waals surface area (Å²) >= 11 is 6.52. The van der Waals surface area contributed by atoms with E-state index in [2.05, 4.69) is 20.6 Å². The molecule has 3 heterocycles. The van der Waals surface area contributed by atoms with Crippen molar-refractivity contribution in [1.29, 1.82) is 0 Å². The zero-order valence-corrected chi connectivity index (χ0v) is 16.3. The summed E-state index contributed by atoms with van der Waals surface area (Å²) in [6, 6.07) is 5.56. The second-order valence-corrected chi connectivity index (χ2v) is 7.92. The van der Waals surface area contributed by atoms with Gasteiger partial charge < -0.3 is 20.4 Å². The smallest absolute Gasteiger partial charge is 0.287 e. The van der Waals surface area contributed by atoms with Crippen molar-refractivity contribution in [3.63, 3.8) is 0 Å². The SMILES string of the molecule is Cc1sc2nc(C(=O)NCc3ccc4c(c3)NC(=S)CO4)[nH]c(=O)c2c1C.[HH].[HH].[HH]. The minimum absolute atomic E-state index is 0. The number of fused-ring (bicyclic) bond motifs is 2. The van der Waals surface area contributed by atoms with E-state index in [1.807, 2.05) is 32.0 Å². The number of carbonyl (C=O) groups excluding carboxylic acids is 1. The lowest BCUT2D eigenvalue weighted by atomic mass is 10.1. The number of aryl methyl sites for hydroxylation is 2. The molecule has 7 nitrogen and oxygen atoms in total. The number of hydrogen-bond donors (Lipinski definition) is 3. The third-order valence-corrected chi connectivity index (χ3v) is 5.71. The number of rotatable bonds is 3. The topological polar surface area (TPSA) is 96.1 Å². The van der Waals surface area contributed by atoms with Gasteiger partial charge in [-0.05, 0) is 37.1 Å². The molecule has 1 aliphatic heterocycles. The number of nitrogens with zero attached hydrogens (tertiary/aromatic N) is 1. The third kappa shape index (κ3) is 3.31. The monoisotopic (exact) mass is 406 g/mol. The van der Waals surface area contributed by atoms with Gasteiger partial charge in [-0.25, -0.2) is 4.98 Å². The van der Waals surface area contributed by atoms with E-state index in [-0.39, 0.29) is 22.2 Å². The highest BCUT2D eigenvalue weighted by molar-refractivity contribution is 7.80. The molecule has 3 N–H and O–H groups in total. The van der Waals surface area contributed by atoms with Crippen LogP contribution in [0, 0.1) is 13.8 Å². The van der Waals surface area contributed by atoms with Gasteiger partial charge in [-0.1, -0.05) is 18.3 Å². The van der Waals surface area contributed by atoms with Crippen LogP contribution in [-0.4, -0.2) is 27.5 Å². The molecule has 0 bridgehead atoms. The first-order valence-corrected chi connectivity index (χ1v) is 9.48. The number of aromatic amines is 1. The van der Waals surface area contributed by atoms with E-state index in [1.165, 1.54) is 11.3 Å². The van der Waals surface area contributed by atoms with Crippen LogP contribution in [0.4, 0.5) is 5.69 Å². The Balaban J connectivity index is 0.00000150. The number of anilines is 1. The summed E-state index contributed by atoms with van der Waals surface area (Å²) in [5, 5.41) is 6.42. The molecule has 3 aromatic rings. The van der Waals surface area contributed by atoms with Crippen molar-refractivity contribution in [3.05, 3.63) is 50.4 Å². The highest BCUT2D eigenvalue weighted by Gasteiger charge is 2.17. The number of amides is 1. The second kappa shape index (κ2) is 6.75. The molecule has 0 fully saturated rings. The van der Waals surface area contributed by atoms with Crippen LogP contribution in [0.15, 0.2) is 23.0 Å². The van der Waals surface area contributed by atoms with Crippen LogP contribution in [0.5, 0.6) is 5.75 Å². The van der Waals surface area contributed by atoms with Crippen molar-refractivity contribution < 1.29 is 13.8 Å². The summed E-state index contributed by atoms with van der Waals surface area (Å²) in [6.07, 6.45) is 0. The first kappa shape index (κ1) is 17.6. The number of nitrogens with one attached hydrogen (secondary N) is 3. The minimum Gasteiger partial charge on any atom is -0.484 e. The first-order valence-electron chi connectivity index (χ1n) is 8.26. The normalized spacial score (nSPS) is 13.0. The van der Waals surface area contributed by atoms with Crippen molar-refractivity contribution >= 4 is 50.4 Å². The van der Waals surface area contributed by atoms with E-state index in [0.717, 1.165) is 27.4 Å². The summed E-state index contributed by atoms with van der Waals surface area (Å²) in [7, 11) is 0. The Bertz CT molecular complexity index is 1160. The molecule has 0 saturated heterocycles. The molecule has 1 amide bonds. The van der Waals surface area contributed by atoms with Gasteiger partial charge in [0, 0.05) is 15.7 Å². The molecule has 0 spiro atoms. The predicted octanol–water partition coefficient (Wildman–Crippen LogP) is 3.40. The van der Waals surface area contributed by atoms with E-state index in [0.29, 0.717) is 21.8 Å². The molecule has 1 aromatic carbocycles. The van der Waals surface area contributed by atoms with Crippen molar-refractivity contribution in [3.8, 4) is 5.75 Å². The van der Waals surface area contributed by atoms with E-state index in [9.17, 15) is 9.59 Å². The first-order chi connectivity index (χ1) is 12.9. The molecule has 4 rings (SSSR count). The molecule has 1 aliphatic rings. The lowest BCUT2D eigenvalue weighted by molar-refractivity contribution is 0.0940. The van der Waals surface area contributed by atoms with Crippen molar-refractivity contribution in [1.82, 2.24) is 15.3 Å². The molecule has 0 radical (unpaired) electrons. The summed E-state index contributed by atoms with van der Waals surface area (Å²) < 4.78 is 5.51. The molecule has 0 unspecified atom stereocenters. The van der Waals surface area contributed by atoms with Crippen LogP contribution in [0.1, 0.15) is 30.9 Å². The van der Waals surface area contributed by atoms with Gasteiger partial charge in [-0.2, -0.15) is 0 Å². The van der Waals surface area contributed by atoms with Crippen molar-refractivity contribution in [2.45, 2.75) is 20.4 Å². The van der Waals surface area contributed by atoms with Crippen molar-refractivity contribution in [2.24, 2.45) is 0 Å². The number of hydrogen-bond acceptors (Lipinski definition) is 6. The fraction of sp³-hybridized carbons (Fsp3) is 0.222. The van der Waals surface area contributed by atoms with Crippen LogP contribution in [0.3, 0.4) is 0 Å². The lowest BCUT2D eigenvalue weighted by Crippen LogP contribution is -2.28. The maximum Gasteiger partial charge on any atom is 0.287 e. The molecule has 0 aliphatic carbocycles. The summed E-state index contributed by atoms with van der Waals surface area (Å²) in [6.45, 7) is 4.46. The van der Waals surface area contributed by atoms with Gasteiger partial charge >= 0.3 is 0 Å². The van der Waals surface area contributed by atoms with Crippen molar-refractivity contribution in [2.75, 3.05) is 11.9 Å². The Morgan fingerprint density at radius 2 is 2.26 bits per heavy atom. The molecular weight excluding hydrogens is 384 g/mol.